The maximum Gasteiger partial charge on any atom is 0.214 e. The fourth-order valence-electron chi connectivity index (χ4n) is 4.74. The van der Waals surface area contributed by atoms with Gasteiger partial charge in [-0.2, -0.15) is 5.21 Å². The van der Waals surface area contributed by atoms with Gasteiger partial charge in [0.05, 0.1) is 18.7 Å². The maximum absolute atomic E-state index is 6.32. The Balaban J connectivity index is 1.17. The second-order valence-electron chi connectivity index (χ2n) is 9.55. The molecule has 0 atom stereocenters. The number of ether oxygens (including phenoxy) is 3. The quantitative estimate of drug-likeness (QED) is 0.278. The van der Waals surface area contributed by atoms with E-state index >= 15 is 0 Å². The third-order valence-corrected chi connectivity index (χ3v) is 6.94. The predicted octanol–water partition coefficient (Wildman–Crippen LogP) is 4.33. The van der Waals surface area contributed by atoms with Gasteiger partial charge in [0.2, 0.25) is 11.7 Å². The minimum absolute atomic E-state index is 0.402. The molecule has 2 aromatic carbocycles. The number of hydrogen-bond acceptors (Lipinski definition) is 9. The third-order valence-electron chi connectivity index (χ3n) is 6.94. The molecule has 0 unspecified atom stereocenters. The summed E-state index contributed by atoms with van der Waals surface area (Å²) in [6.07, 6.45) is 0.804. The molecule has 1 aliphatic heterocycles. The van der Waals surface area contributed by atoms with Crippen molar-refractivity contribution in [2.24, 2.45) is 0 Å². The zero-order valence-corrected chi connectivity index (χ0v) is 22.4. The minimum Gasteiger partial charge on any atom is -0.486 e. The molecule has 5 aromatic rings. The van der Waals surface area contributed by atoms with Crippen molar-refractivity contribution in [3.63, 3.8) is 0 Å². The summed E-state index contributed by atoms with van der Waals surface area (Å²) in [5, 5.41) is 14.5. The first-order valence-corrected chi connectivity index (χ1v) is 13.6. The van der Waals surface area contributed by atoms with Crippen LogP contribution in [0.3, 0.4) is 0 Å². The summed E-state index contributed by atoms with van der Waals surface area (Å²) in [5.74, 6) is 1.84. The monoisotopic (exact) mass is 537 g/mol. The van der Waals surface area contributed by atoms with E-state index in [0.29, 0.717) is 36.2 Å². The van der Waals surface area contributed by atoms with Crippen LogP contribution in [0.2, 0.25) is 0 Å². The number of nitrogens with zero attached hydrogens (tertiary/aromatic N) is 6. The number of fused-ring (bicyclic) bond motifs is 1. The van der Waals surface area contributed by atoms with Crippen molar-refractivity contribution >= 4 is 11.0 Å². The molecular weight excluding hydrogens is 506 g/mol. The fraction of sp³-hybridized carbons (Fsp3) is 0.300. The molecule has 4 heterocycles. The van der Waals surface area contributed by atoms with Gasteiger partial charge in [-0.05, 0) is 34.4 Å². The molecule has 1 aliphatic rings. The van der Waals surface area contributed by atoms with Crippen LogP contribution in [0, 0.1) is 0 Å². The average Bonchev–Trinajstić information content (AvgIpc) is 3.56. The van der Waals surface area contributed by atoms with Crippen molar-refractivity contribution < 1.29 is 14.2 Å². The largest absolute Gasteiger partial charge is 0.486 e. The summed E-state index contributed by atoms with van der Waals surface area (Å²) in [6.45, 7) is 7.31. The number of tetrazole rings is 1. The van der Waals surface area contributed by atoms with Gasteiger partial charge in [-0.3, -0.25) is 9.88 Å². The Morgan fingerprint density at radius 2 is 1.75 bits per heavy atom. The van der Waals surface area contributed by atoms with E-state index < -0.39 is 0 Å². The van der Waals surface area contributed by atoms with Crippen LogP contribution in [-0.2, 0) is 17.8 Å². The first kappa shape index (κ1) is 25.8. The van der Waals surface area contributed by atoms with Crippen molar-refractivity contribution in [3.8, 4) is 34.1 Å². The van der Waals surface area contributed by atoms with Crippen LogP contribution < -0.4 is 9.47 Å². The summed E-state index contributed by atoms with van der Waals surface area (Å²) in [4.78, 5) is 11.8. The number of morpholine rings is 1. The van der Waals surface area contributed by atoms with Crippen LogP contribution in [0.5, 0.6) is 11.6 Å². The van der Waals surface area contributed by atoms with Gasteiger partial charge in [-0.15, -0.1) is 10.2 Å². The molecule has 0 aliphatic carbocycles. The van der Waals surface area contributed by atoms with Crippen molar-refractivity contribution in [2.45, 2.75) is 20.0 Å². The van der Waals surface area contributed by atoms with E-state index in [1.807, 2.05) is 36.4 Å². The first-order chi connectivity index (χ1) is 19.8. The molecule has 204 valence electrons. The highest BCUT2D eigenvalue weighted by atomic mass is 16.5. The fourth-order valence-corrected chi connectivity index (χ4v) is 4.74. The molecule has 10 heteroatoms. The lowest BCUT2D eigenvalue weighted by Crippen LogP contribution is -2.38. The average molecular weight is 538 g/mol. The second-order valence-corrected chi connectivity index (χ2v) is 9.55. The molecule has 0 amide bonds. The van der Waals surface area contributed by atoms with Crippen molar-refractivity contribution in [2.75, 3.05) is 39.5 Å². The summed E-state index contributed by atoms with van der Waals surface area (Å²) < 4.78 is 17.7. The SMILES string of the molecule is CCc1cc(OCc2ccc(-c3ccccc3-c3nn[nH]n3)cc2)c2nc(OCCN3CCOCC3)ccc2n1. The Labute approximate surface area is 232 Å². The molecule has 1 N–H and O–H groups in total. The number of rotatable bonds is 10. The number of aromatic nitrogens is 6. The van der Waals surface area contributed by atoms with Crippen molar-refractivity contribution in [3.05, 3.63) is 78.0 Å². The number of benzene rings is 2. The molecule has 0 saturated carbocycles. The van der Waals surface area contributed by atoms with Crippen LogP contribution >= 0.6 is 0 Å². The predicted molar refractivity (Wildman–Crippen MR) is 151 cm³/mol. The zero-order chi connectivity index (χ0) is 27.1. The van der Waals surface area contributed by atoms with E-state index in [2.05, 4.69) is 62.8 Å². The van der Waals surface area contributed by atoms with E-state index in [9.17, 15) is 0 Å². The van der Waals surface area contributed by atoms with E-state index in [1.165, 1.54) is 0 Å². The van der Waals surface area contributed by atoms with E-state index in [-0.39, 0.29) is 0 Å². The van der Waals surface area contributed by atoms with Gasteiger partial charge in [0.15, 0.2) is 0 Å². The van der Waals surface area contributed by atoms with E-state index in [1.54, 1.807) is 0 Å². The van der Waals surface area contributed by atoms with Crippen molar-refractivity contribution in [1.82, 2.24) is 35.5 Å². The molecule has 10 nitrogen and oxygen atoms in total. The standard InChI is InChI=1S/C30H31N7O3/c1-2-23-19-27(29-26(31-23)11-12-28(32-29)39-18-15-37-13-16-38-17-14-37)40-20-21-7-9-22(10-8-21)24-5-3-4-6-25(24)30-33-35-36-34-30/h3-12,19H,2,13-18,20H2,1H3,(H,33,34,35,36). The summed E-state index contributed by atoms with van der Waals surface area (Å²) >= 11 is 0. The van der Waals surface area contributed by atoms with Gasteiger partial charge in [-0.25, -0.2) is 4.98 Å². The number of hydrogen-bond donors (Lipinski definition) is 1. The number of H-pyrrole nitrogens is 1. The van der Waals surface area contributed by atoms with Crippen molar-refractivity contribution in [1.29, 1.82) is 0 Å². The summed E-state index contributed by atoms with van der Waals surface area (Å²) in [6, 6.07) is 22.1. The molecule has 6 rings (SSSR count). The van der Waals surface area contributed by atoms with Gasteiger partial charge in [0.25, 0.3) is 0 Å². The molecular formula is C30H31N7O3. The Hall–Kier alpha value is -4.41. The molecule has 0 spiro atoms. The van der Waals surface area contributed by atoms with Gasteiger partial charge in [0, 0.05) is 43.0 Å². The van der Waals surface area contributed by atoms with Gasteiger partial charge in [0.1, 0.15) is 24.5 Å². The van der Waals surface area contributed by atoms with Crippen LogP contribution in [0.4, 0.5) is 0 Å². The highest BCUT2D eigenvalue weighted by Gasteiger charge is 2.14. The summed E-state index contributed by atoms with van der Waals surface area (Å²) in [5.41, 5.74) is 6.52. The normalized spacial score (nSPS) is 13.9. The van der Waals surface area contributed by atoms with Crippen LogP contribution in [0.1, 0.15) is 18.2 Å². The third kappa shape index (κ3) is 5.93. The van der Waals surface area contributed by atoms with Crippen LogP contribution in [0.25, 0.3) is 33.5 Å². The molecule has 0 radical (unpaired) electrons. The van der Waals surface area contributed by atoms with Crippen LogP contribution in [0.15, 0.2) is 66.7 Å². The highest BCUT2D eigenvalue weighted by molar-refractivity contribution is 5.82. The Morgan fingerprint density at radius 3 is 2.52 bits per heavy atom. The molecule has 3 aromatic heterocycles. The van der Waals surface area contributed by atoms with E-state index in [0.717, 1.165) is 72.7 Å². The first-order valence-electron chi connectivity index (χ1n) is 13.6. The number of pyridine rings is 2. The van der Waals surface area contributed by atoms with Gasteiger partial charge < -0.3 is 14.2 Å². The topological polar surface area (TPSA) is 111 Å². The maximum atomic E-state index is 6.32. The number of nitrogens with one attached hydrogen (secondary N) is 1. The number of aromatic amines is 1. The van der Waals surface area contributed by atoms with Gasteiger partial charge in [-0.1, -0.05) is 55.5 Å². The zero-order valence-electron chi connectivity index (χ0n) is 22.4. The smallest absolute Gasteiger partial charge is 0.214 e. The Kier molecular flexibility index (Phi) is 7.87. The highest BCUT2D eigenvalue weighted by Crippen LogP contribution is 2.31. The lowest BCUT2D eigenvalue weighted by Gasteiger charge is -2.26. The second kappa shape index (κ2) is 12.2. The minimum atomic E-state index is 0.402. The Morgan fingerprint density at radius 1 is 0.925 bits per heavy atom. The van der Waals surface area contributed by atoms with E-state index in [4.69, 9.17) is 24.2 Å². The lowest BCUT2D eigenvalue weighted by molar-refractivity contribution is 0.0320. The summed E-state index contributed by atoms with van der Waals surface area (Å²) in [7, 11) is 0. The molecule has 1 fully saturated rings. The molecule has 0 bridgehead atoms. The lowest BCUT2D eigenvalue weighted by atomic mass is 9.98. The van der Waals surface area contributed by atoms with Gasteiger partial charge >= 0.3 is 0 Å². The number of aryl methyl sites for hydroxylation is 1. The molecule has 40 heavy (non-hydrogen) atoms. The van der Waals surface area contributed by atoms with Crippen LogP contribution in [-0.4, -0.2) is 74.9 Å². The Bertz CT molecular complexity index is 1550. The molecule has 1 saturated heterocycles.